The van der Waals surface area contributed by atoms with Crippen LogP contribution in [0.15, 0.2) is 30.3 Å². The van der Waals surface area contributed by atoms with Crippen molar-refractivity contribution < 1.29 is 9.90 Å². The molecule has 1 saturated heterocycles. The van der Waals surface area contributed by atoms with Crippen molar-refractivity contribution >= 4 is 12.0 Å². The van der Waals surface area contributed by atoms with Crippen LogP contribution in [0.4, 0.5) is 0 Å². The maximum atomic E-state index is 10.7. The summed E-state index contributed by atoms with van der Waals surface area (Å²) in [5.74, 6) is -0.909. The highest BCUT2D eigenvalue weighted by atomic mass is 16.4. The Bertz CT molecular complexity index is 505. The number of nitrogens with zero attached hydrogens (tertiary/aromatic N) is 2. The number of likely N-dealkylation sites (tertiary alicyclic amines) is 1. The normalized spacial score (nSPS) is 17.7. The van der Waals surface area contributed by atoms with Crippen molar-refractivity contribution in [3.63, 3.8) is 0 Å². The van der Waals surface area contributed by atoms with Crippen molar-refractivity contribution in [3.05, 3.63) is 41.5 Å². The Hall–Kier alpha value is -1.65. The van der Waals surface area contributed by atoms with E-state index in [2.05, 4.69) is 30.0 Å². The number of carbonyl (C=O) groups is 1. The average molecular weight is 288 g/mol. The molecule has 0 amide bonds. The zero-order valence-corrected chi connectivity index (χ0v) is 12.8. The van der Waals surface area contributed by atoms with Crippen molar-refractivity contribution in [2.45, 2.75) is 25.4 Å². The molecule has 2 rings (SSSR count). The quantitative estimate of drug-likeness (QED) is 0.845. The molecule has 0 saturated carbocycles. The Kier molecular flexibility index (Phi) is 5.53. The van der Waals surface area contributed by atoms with E-state index in [9.17, 15) is 4.79 Å². The first-order valence-electron chi connectivity index (χ1n) is 7.44. The summed E-state index contributed by atoms with van der Waals surface area (Å²) < 4.78 is 0. The summed E-state index contributed by atoms with van der Waals surface area (Å²) in [7, 11) is 4.33. The number of rotatable bonds is 5. The number of benzene rings is 1. The highest BCUT2D eigenvalue weighted by molar-refractivity contribution is 5.85. The van der Waals surface area contributed by atoms with Crippen LogP contribution >= 0.6 is 0 Å². The molecule has 0 aliphatic carbocycles. The molecule has 0 spiro atoms. The van der Waals surface area contributed by atoms with Crippen molar-refractivity contribution in [2.75, 3.05) is 27.2 Å². The van der Waals surface area contributed by atoms with E-state index >= 15 is 0 Å². The van der Waals surface area contributed by atoms with E-state index in [1.807, 2.05) is 18.2 Å². The second kappa shape index (κ2) is 7.38. The summed E-state index contributed by atoms with van der Waals surface area (Å²) in [6.07, 6.45) is 5.27. The molecule has 1 aliphatic rings. The zero-order valence-electron chi connectivity index (χ0n) is 12.8. The summed E-state index contributed by atoms with van der Waals surface area (Å²) in [6.45, 7) is 3.15. The van der Waals surface area contributed by atoms with Gasteiger partial charge in [0.05, 0.1) is 0 Å². The minimum atomic E-state index is -0.909. The SMILES string of the molecule is CN1CCC(N(C)Cc2ccccc2C=CC(=O)O)CC1. The summed E-state index contributed by atoms with van der Waals surface area (Å²) in [6, 6.07) is 8.61. The van der Waals surface area contributed by atoms with E-state index < -0.39 is 5.97 Å². The van der Waals surface area contributed by atoms with Crippen LogP contribution in [0.3, 0.4) is 0 Å². The number of carboxylic acids is 1. The number of carboxylic acid groups (broad SMARTS) is 1. The van der Waals surface area contributed by atoms with Gasteiger partial charge in [-0.25, -0.2) is 4.79 Å². The van der Waals surface area contributed by atoms with E-state index in [0.717, 1.165) is 25.2 Å². The van der Waals surface area contributed by atoms with Crippen molar-refractivity contribution in [1.82, 2.24) is 9.80 Å². The van der Waals surface area contributed by atoms with Crippen LogP contribution in [0.1, 0.15) is 24.0 Å². The lowest BCUT2D eigenvalue weighted by atomic mass is 10.0. The third-order valence-electron chi connectivity index (χ3n) is 4.19. The molecule has 0 aromatic heterocycles. The second-order valence-corrected chi connectivity index (χ2v) is 5.82. The standard InChI is InChI=1S/C17H24N2O2/c1-18-11-9-16(10-12-18)19(2)13-15-6-4-3-5-14(15)7-8-17(20)21/h3-8,16H,9-13H2,1-2H3,(H,20,21). The van der Waals surface area contributed by atoms with E-state index in [-0.39, 0.29) is 0 Å². The molecular formula is C17H24N2O2. The van der Waals surface area contributed by atoms with Gasteiger partial charge in [0.25, 0.3) is 0 Å². The lowest BCUT2D eigenvalue weighted by Crippen LogP contribution is -2.41. The molecular weight excluding hydrogens is 264 g/mol. The third kappa shape index (κ3) is 4.69. The van der Waals surface area contributed by atoms with Gasteiger partial charge in [-0.3, -0.25) is 4.90 Å². The Labute approximate surface area is 126 Å². The van der Waals surface area contributed by atoms with Gasteiger partial charge >= 0.3 is 5.97 Å². The lowest BCUT2D eigenvalue weighted by Gasteiger charge is -2.35. The number of hydrogen-bond donors (Lipinski definition) is 1. The van der Waals surface area contributed by atoms with Gasteiger partial charge in [-0.05, 0) is 57.2 Å². The Morgan fingerprint density at radius 1 is 1.38 bits per heavy atom. The van der Waals surface area contributed by atoms with Gasteiger partial charge in [0.2, 0.25) is 0 Å². The molecule has 4 nitrogen and oxygen atoms in total. The highest BCUT2D eigenvalue weighted by Crippen LogP contribution is 2.19. The minimum Gasteiger partial charge on any atom is -0.478 e. The van der Waals surface area contributed by atoms with Crippen molar-refractivity contribution in [1.29, 1.82) is 0 Å². The van der Waals surface area contributed by atoms with Crippen molar-refractivity contribution in [2.24, 2.45) is 0 Å². The fourth-order valence-electron chi connectivity index (χ4n) is 2.84. The predicted octanol–water partition coefficient (Wildman–Crippen LogP) is 2.31. The molecule has 0 bridgehead atoms. The van der Waals surface area contributed by atoms with Gasteiger partial charge in [-0.15, -0.1) is 0 Å². The molecule has 0 unspecified atom stereocenters. The molecule has 0 radical (unpaired) electrons. The molecule has 21 heavy (non-hydrogen) atoms. The summed E-state index contributed by atoms with van der Waals surface area (Å²) in [4.78, 5) is 15.4. The van der Waals surface area contributed by atoms with Crippen LogP contribution in [0.25, 0.3) is 6.08 Å². The molecule has 0 atom stereocenters. The van der Waals surface area contributed by atoms with E-state index in [4.69, 9.17) is 5.11 Å². The molecule has 1 aliphatic heterocycles. The fraction of sp³-hybridized carbons (Fsp3) is 0.471. The van der Waals surface area contributed by atoms with E-state index in [0.29, 0.717) is 6.04 Å². The van der Waals surface area contributed by atoms with Crippen molar-refractivity contribution in [3.8, 4) is 0 Å². The summed E-state index contributed by atoms with van der Waals surface area (Å²) in [5, 5.41) is 8.77. The maximum Gasteiger partial charge on any atom is 0.328 e. The second-order valence-electron chi connectivity index (χ2n) is 5.82. The van der Waals surface area contributed by atoms with Gasteiger partial charge in [0.15, 0.2) is 0 Å². The van der Waals surface area contributed by atoms with Crippen LogP contribution in [-0.2, 0) is 11.3 Å². The zero-order chi connectivity index (χ0) is 15.2. The van der Waals surface area contributed by atoms with Gasteiger partial charge in [-0.2, -0.15) is 0 Å². The summed E-state index contributed by atoms with van der Waals surface area (Å²) >= 11 is 0. The molecule has 1 fully saturated rings. The van der Waals surface area contributed by atoms with E-state index in [1.54, 1.807) is 6.08 Å². The largest absolute Gasteiger partial charge is 0.478 e. The van der Waals surface area contributed by atoms with Gasteiger partial charge < -0.3 is 10.0 Å². The van der Waals surface area contributed by atoms with Crippen LogP contribution < -0.4 is 0 Å². The van der Waals surface area contributed by atoms with Crippen LogP contribution in [0.2, 0.25) is 0 Å². The number of hydrogen-bond acceptors (Lipinski definition) is 3. The fourth-order valence-corrected chi connectivity index (χ4v) is 2.84. The molecule has 114 valence electrons. The monoisotopic (exact) mass is 288 g/mol. The molecule has 4 heteroatoms. The predicted molar refractivity (Wildman–Crippen MR) is 85.1 cm³/mol. The molecule has 1 aromatic rings. The first-order valence-corrected chi connectivity index (χ1v) is 7.44. The van der Waals surface area contributed by atoms with Crippen LogP contribution in [-0.4, -0.2) is 54.1 Å². The van der Waals surface area contributed by atoms with E-state index in [1.165, 1.54) is 24.5 Å². The number of piperidine rings is 1. The average Bonchev–Trinajstić information content (AvgIpc) is 2.47. The summed E-state index contributed by atoms with van der Waals surface area (Å²) in [5.41, 5.74) is 2.16. The Morgan fingerprint density at radius 3 is 2.71 bits per heavy atom. The van der Waals surface area contributed by atoms with Gasteiger partial charge in [0, 0.05) is 18.7 Å². The molecule has 1 aromatic carbocycles. The lowest BCUT2D eigenvalue weighted by molar-refractivity contribution is -0.131. The number of aliphatic carboxylic acids is 1. The first-order chi connectivity index (χ1) is 10.1. The molecule has 1 heterocycles. The van der Waals surface area contributed by atoms with Gasteiger partial charge in [-0.1, -0.05) is 24.3 Å². The van der Waals surface area contributed by atoms with Gasteiger partial charge in [0.1, 0.15) is 0 Å². The highest BCUT2D eigenvalue weighted by Gasteiger charge is 2.20. The molecule has 1 N–H and O–H groups in total. The topological polar surface area (TPSA) is 43.8 Å². The Morgan fingerprint density at radius 2 is 2.05 bits per heavy atom. The van der Waals surface area contributed by atoms with Crippen LogP contribution in [0, 0.1) is 0 Å². The van der Waals surface area contributed by atoms with Crippen LogP contribution in [0.5, 0.6) is 0 Å². The smallest absolute Gasteiger partial charge is 0.328 e. The maximum absolute atomic E-state index is 10.7. The third-order valence-corrected chi connectivity index (χ3v) is 4.19. The first kappa shape index (κ1) is 15.7. The minimum absolute atomic E-state index is 0.609. The Balaban J connectivity index is 2.03.